The van der Waals surface area contributed by atoms with Gasteiger partial charge in [-0.1, -0.05) is 17.7 Å². The molecule has 21 heavy (non-hydrogen) atoms. The second-order valence-electron chi connectivity index (χ2n) is 5.65. The lowest BCUT2D eigenvalue weighted by atomic mass is 9.95. The summed E-state index contributed by atoms with van der Waals surface area (Å²) in [5, 5.41) is 8.18. The lowest BCUT2D eigenvalue weighted by Gasteiger charge is -2.10. The molecular formula is C19H22N2. The van der Waals surface area contributed by atoms with Crippen LogP contribution in [-0.4, -0.2) is 10.7 Å². The molecule has 0 spiro atoms. The van der Waals surface area contributed by atoms with Crippen LogP contribution in [0.1, 0.15) is 36.6 Å². The standard InChI is InChI=1S/C19H22N2/c1-13(2)5-8-19(20)17-6-7-18(14(3)11-17)16-9-10-21-15(4)12-16/h6-7,9-12,20H,1,5,8H2,2-4H3. The Balaban J connectivity index is 2.25. The summed E-state index contributed by atoms with van der Waals surface area (Å²) in [6, 6.07) is 10.4. The quantitative estimate of drug-likeness (QED) is 0.600. The summed E-state index contributed by atoms with van der Waals surface area (Å²) >= 11 is 0. The number of hydrogen-bond acceptors (Lipinski definition) is 2. The van der Waals surface area contributed by atoms with Crippen molar-refractivity contribution in [2.45, 2.75) is 33.6 Å². The van der Waals surface area contributed by atoms with Crippen LogP contribution in [-0.2, 0) is 0 Å². The molecule has 1 aromatic carbocycles. The van der Waals surface area contributed by atoms with Gasteiger partial charge in [0.05, 0.1) is 0 Å². The van der Waals surface area contributed by atoms with Crippen LogP contribution in [0.2, 0.25) is 0 Å². The molecule has 0 saturated heterocycles. The smallest absolute Gasteiger partial charge is 0.0389 e. The molecule has 0 fully saturated rings. The third-order valence-electron chi connectivity index (χ3n) is 3.58. The highest BCUT2D eigenvalue weighted by Crippen LogP contribution is 2.25. The number of allylic oxidation sites excluding steroid dienone is 1. The van der Waals surface area contributed by atoms with Crippen molar-refractivity contribution in [3.8, 4) is 11.1 Å². The van der Waals surface area contributed by atoms with E-state index in [2.05, 4.69) is 36.7 Å². The van der Waals surface area contributed by atoms with Crippen LogP contribution in [0.5, 0.6) is 0 Å². The van der Waals surface area contributed by atoms with Crippen LogP contribution in [0, 0.1) is 19.3 Å². The average Bonchev–Trinajstić information content (AvgIpc) is 2.44. The van der Waals surface area contributed by atoms with Crippen molar-refractivity contribution < 1.29 is 0 Å². The Labute approximate surface area is 127 Å². The number of pyridine rings is 1. The van der Waals surface area contributed by atoms with E-state index in [0.29, 0.717) is 5.71 Å². The molecule has 2 aromatic rings. The summed E-state index contributed by atoms with van der Waals surface area (Å²) in [5.41, 5.74) is 7.41. The van der Waals surface area contributed by atoms with E-state index in [-0.39, 0.29) is 0 Å². The Morgan fingerprint density at radius 3 is 2.52 bits per heavy atom. The largest absolute Gasteiger partial charge is 0.305 e. The van der Waals surface area contributed by atoms with Gasteiger partial charge in [0.15, 0.2) is 0 Å². The predicted molar refractivity (Wildman–Crippen MR) is 90.0 cm³/mol. The maximum Gasteiger partial charge on any atom is 0.0389 e. The van der Waals surface area contributed by atoms with Crippen LogP contribution in [0.25, 0.3) is 11.1 Å². The first-order chi connectivity index (χ1) is 9.97. The third kappa shape index (κ3) is 3.88. The number of hydrogen-bond donors (Lipinski definition) is 1. The molecule has 2 nitrogen and oxygen atoms in total. The summed E-state index contributed by atoms with van der Waals surface area (Å²) in [6.45, 7) is 10.0. The Kier molecular flexibility index (Phi) is 4.69. The third-order valence-corrected chi connectivity index (χ3v) is 3.58. The topological polar surface area (TPSA) is 36.7 Å². The van der Waals surface area contributed by atoms with Crippen molar-refractivity contribution in [1.29, 1.82) is 5.41 Å². The second kappa shape index (κ2) is 6.49. The van der Waals surface area contributed by atoms with Gasteiger partial charge in [-0.05, 0) is 74.1 Å². The van der Waals surface area contributed by atoms with Crippen molar-refractivity contribution >= 4 is 5.71 Å². The van der Waals surface area contributed by atoms with E-state index >= 15 is 0 Å². The fourth-order valence-corrected chi connectivity index (χ4v) is 2.37. The number of nitrogens with one attached hydrogen (secondary N) is 1. The van der Waals surface area contributed by atoms with Gasteiger partial charge in [-0.15, -0.1) is 6.58 Å². The summed E-state index contributed by atoms with van der Waals surface area (Å²) in [5.74, 6) is 0. The van der Waals surface area contributed by atoms with Crippen molar-refractivity contribution in [3.05, 3.63) is 65.5 Å². The molecule has 0 aliphatic carbocycles. The molecule has 0 atom stereocenters. The maximum absolute atomic E-state index is 8.18. The lowest BCUT2D eigenvalue weighted by molar-refractivity contribution is 1.01. The van der Waals surface area contributed by atoms with Crippen molar-refractivity contribution in [2.24, 2.45) is 0 Å². The highest BCUT2D eigenvalue weighted by Gasteiger charge is 2.07. The van der Waals surface area contributed by atoms with Gasteiger partial charge < -0.3 is 5.41 Å². The molecule has 0 unspecified atom stereocenters. The fraction of sp³-hybridized carbons (Fsp3) is 0.263. The molecule has 0 amide bonds. The Bertz CT molecular complexity index is 684. The summed E-state index contributed by atoms with van der Waals surface area (Å²) in [6.07, 6.45) is 3.47. The number of benzene rings is 1. The molecule has 0 radical (unpaired) electrons. The first-order valence-corrected chi connectivity index (χ1v) is 7.23. The number of aryl methyl sites for hydroxylation is 2. The van der Waals surface area contributed by atoms with Crippen molar-refractivity contribution in [2.75, 3.05) is 0 Å². The fourth-order valence-electron chi connectivity index (χ4n) is 2.37. The summed E-state index contributed by atoms with van der Waals surface area (Å²) < 4.78 is 0. The summed E-state index contributed by atoms with van der Waals surface area (Å²) in [7, 11) is 0. The van der Waals surface area contributed by atoms with E-state index in [9.17, 15) is 0 Å². The SMILES string of the molecule is C=C(C)CCC(=N)c1ccc(-c2ccnc(C)c2)c(C)c1. The zero-order chi connectivity index (χ0) is 15.4. The summed E-state index contributed by atoms with van der Waals surface area (Å²) in [4.78, 5) is 4.24. The zero-order valence-electron chi connectivity index (χ0n) is 13.0. The Morgan fingerprint density at radius 1 is 1.14 bits per heavy atom. The van der Waals surface area contributed by atoms with Crippen LogP contribution < -0.4 is 0 Å². The molecular weight excluding hydrogens is 256 g/mol. The lowest BCUT2D eigenvalue weighted by Crippen LogP contribution is -2.00. The van der Waals surface area contributed by atoms with E-state index in [4.69, 9.17) is 5.41 Å². The van der Waals surface area contributed by atoms with Crippen LogP contribution >= 0.6 is 0 Å². The monoisotopic (exact) mass is 278 g/mol. The van der Waals surface area contributed by atoms with Gasteiger partial charge in [-0.25, -0.2) is 0 Å². The molecule has 0 bridgehead atoms. The molecule has 1 heterocycles. The normalized spacial score (nSPS) is 10.4. The number of aromatic nitrogens is 1. The molecule has 0 saturated carbocycles. The van der Waals surface area contributed by atoms with E-state index < -0.39 is 0 Å². The van der Waals surface area contributed by atoms with E-state index in [1.54, 1.807) is 0 Å². The highest BCUT2D eigenvalue weighted by molar-refractivity contribution is 5.99. The molecule has 108 valence electrons. The van der Waals surface area contributed by atoms with E-state index in [0.717, 1.165) is 29.7 Å². The van der Waals surface area contributed by atoms with Gasteiger partial charge in [-0.2, -0.15) is 0 Å². The zero-order valence-corrected chi connectivity index (χ0v) is 13.0. The molecule has 0 aliphatic heterocycles. The minimum atomic E-state index is 0.679. The minimum Gasteiger partial charge on any atom is -0.305 e. The van der Waals surface area contributed by atoms with Gasteiger partial charge in [-0.3, -0.25) is 4.98 Å². The molecule has 2 heteroatoms. The predicted octanol–water partition coefficient (Wildman–Crippen LogP) is 5.09. The maximum atomic E-state index is 8.18. The molecule has 2 rings (SSSR count). The van der Waals surface area contributed by atoms with E-state index in [1.807, 2.05) is 32.2 Å². The number of nitrogens with zero attached hydrogens (tertiary/aromatic N) is 1. The van der Waals surface area contributed by atoms with Crippen LogP contribution in [0.4, 0.5) is 0 Å². The molecule has 1 aromatic heterocycles. The first kappa shape index (κ1) is 15.2. The Hall–Kier alpha value is -2.22. The van der Waals surface area contributed by atoms with Crippen LogP contribution in [0.15, 0.2) is 48.7 Å². The first-order valence-electron chi connectivity index (χ1n) is 7.23. The molecule has 1 N–H and O–H groups in total. The van der Waals surface area contributed by atoms with Gasteiger partial charge in [0.2, 0.25) is 0 Å². The van der Waals surface area contributed by atoms with Gasteiger partial charge in [0.25, 0.3) is 0 Å². The van der Waals surface area contributed by atoms with Crippen molar-refractivity contribution in [1.82, 2.24) is 4.98 Å². The number of rotatable bonds is 5. The van der Waals surface area contributed by atoms with E-state index in [1.165, 1.54) is 16.7 Å². The average molecular weight is 278 g/mol. The van der Waals surface area contributed by atoms with Gasteiger partial charge in [0, 0.05) is 17.6 Å². The highest BCUT2D eigenvalue weighted by atomic mass is 14.6. The van der Waals surface area contributed by atoms with Gasteiger partial charge >= 0.3 is 0 Å². The van der Waals surface area contributed by atoms with Crippen molar-refractivity contribution in [3.63, 3.8) is 0 Å². The second-order valence-corrected chi connectivity index (χ2v) is 5.65. The molecule has 0 aliphatic rings. The van der Waals surface area contributed by atoms with Gasteiger partial charge in [0.1, 0.15) is 0 Å². The Morgan fingerprint density at radius 2 is 1.90 bits per heavy atom. The van der Waals surface area contributed by atoms with Crippen LogP contribution in [0.3, 0.4) is 0 Å². The minimum absolute atomic E-state index is 0.679.